The Hall–Kier alpha value is -3.06. The maximum Gasteiger partial charge on any atom is 0.253 e. The third-order valence-electron chi connectivity index (χ3n) is 5.27. The van der Waals surface area contributed by atoms with Gasteiger partial charge in [-0.05, 0) is 36.4 Å². The summed E-state index contributed by atoms with van der Waals surface area (Å²) < 4.78 is 13.1. The number of hydrogen-bond donors (Lipinski definition) is 0. The van der Waals surface area contributed by atoms with E-state index in [1.807, 2.05) is 23.1 Å². The number of halogens is 1. The number of piperazine rings is 1. The average molecular weight is 381 g/mol. The van der Waals surface area contributed by atoms with E-state index in [-0.39, 0.29) is 24.1 Å². The van der Waals surface area contributed by atoms with Crippen molar-refractivity contribution in [2.24, 2.45) is 0 Å². The molecule has 0 bridgehead atoms. The molecule has 2 heterocycles. The van der Waals surface area contributed by atoms with Crippen molar-refractivity contribution < 1.29 is 18.8 Å². The van der Waals surface area contributed by atoms with Crippen molar-refractivity contribution in [2.45, 2.75) is 12.5 Å². The minimum absolute atomic E-state index is 0.0259. The Morgan fingerprint density at radius 3 is 2.18 bits per heavy atom. The minimum atomic E-state index is -0.536. The molecule has 2 aromatic carbocycles. The largest absolute Gasteiger partial charge is 0.336 e. The van der Waals surface area contributed by atoms with Crippen molar-refractivity contribution in [3.05, 3.63) is 66.0 Å². The summed E-state index contributed by atoms with van der Waals surface area (Å²) in [6.07, 6.45) is 0.100. The van der Waals surface area contributed by atoms with Crippen LogP contribution in [0.1, 0.15) is 16.8 Å². The van der Waals surface area contributed by atoms with Crippen LogP contribution in [-0.4, -0.2) is 59.7 Å². The fraction of sp³-hybridized carbons (Fsp3) is 0.286. The number of nitrogens with zero attached hydrogens (tertiary/aromatic N) is 3. The third-order valence-corrected chi connectivity index (χ3v) is 5.27. The molecule has 0 aromatic heterocycles. The van der Waals surface area contributed by atoms with Crippen LogP contribution in [-0.2, 0) is 9.59 Å². The normalized spacial score (nSPS) is 20.7. The number of rotatable bonds is 3. The predicted molar refractivity (Wildman–Crippen MR) is 101 cm³/mol. The number of carbonyl (C=O) groups excluding carboxylic acids is 3. The van der Waals surface area contributed by atoms with Crippen LogP contribution in [0.2, 0.25) is 0 Å². The first-order valence-electron chi connectivity index (χ1n) is 9.25. The zero-order valence-corrected chi connectivity index (χ0v) is 15.3. The zero-order valence-electron chi connectivity index (χ0n) is 15.3. The summed E-state index contributed by atoms with van der Waals surface area (Å²) in [7, 11) is 0. The van der Waals surface area contributed by atoms with Gasteiger partial charge in [0.05, 0.1) is 18.2 Å². The quantitative estimate of drug-likeness (QED) is 0.762. The van der Waals surface area contributed by atoms with E-state index in [0.717, 1.165) is 4.90 Å². The van der Waals surface area contributed by atoms with E-state index in [1.165, 1.54) is 24.3 Å². The van der Waals surface area contributed by atoms with Crippen LogP contribution in [0.4, 0.5) is 10.1 Å². The minimum Gasteiger partial charge on any atom is -0.336 e. The smallest absolute Gasteiger partial charge is 0.253 e. The summed E-state index contributed by atoms with van der Waals surface area (Å²) in [4.78, 5) is 42.6. The lowest BCUT2D eigenvalue weighted by molar-refractivity contribution is -0.123. The molecule has 0 N–H and O–H groups in total. The number of anilines is 1. The monoisotopic (exact) mass is 381 g/mol. The van der Waals surface area contributed by atoms with Crippen LogP contribution in [0.3, 0.4) is 0 Å². The van der Waals surface area contributed by atoms with Gasteiger partial charge in [-0.3, -0.25) is 19.3 Å². The van der Waals surface area contributed by atoms with Crippen LogP contribution in [0, 0.1) is 5.82 Å². The maximum atomic E-state index is 13.1. The molecular formula is C21H20FN3O3. The van der Waals surface area contributed by atoms with Crippen molar-refractivity contribution >= 4 is 23.4 Å². The Labute approximate surface area is 162 Å². The van der Waals surface area contributed by atoms with Crippen molar-refractivity contribution in [3.8, 4) is 0 Å². The highest BCUT2D eigenvalue weighted by Crippen LogP contribution is 2.26. The molecular weight excluding hydrogens is 361 g/mol. The number of imide groups is 1. The van der Waals surface area contributed by atoms with Crippen LogP contribution >= 0.6 is 0 Å². The fourth-order valence-electron chi connectivity index (χ4n) is 3.76. The van der Waals surface area contributed by atoms with Gasteiger partial charge in [-0.15, -0.1) is 0 Å². The standard InChI is InChI=1S/C21H20FN3O3/c22-16-6-8-17(9-7-16)25-19(26)14-18(21(25)28)23-10-12-24(13-11-23)20(27)15-4-2-1-3-5-15/h1-9,18H,10-14H2. The van der Waals surface area contributed by atoms with Crippen LogP contribution in [0.5, 0.6) is 0 Å². The van der Waals surface area contributed by atoms with Gasteiger partial charge in [0.25, 0.3) is 11.8 Å². The molecule has 2 saturated heterocycles. The molecule has 28 heavy (non-hydrogen) atoms. The number of hydrogen-bond acceptors (Lipinski definition) is 4. The molecule has 0 saturated carbocycles. The summed E-state index contributed by atoms with van der Waals surface area (Å²) in [5.41, 5.74) is 1.03. The first-order chi connectivity index (χ1) is 13.5. The second-order valence-electron chi connectivity index (χ2n) is 6.96. The summed E-state index contributed by atoms with van der Waals surface area (Å²) in [5, 5.41) is 0. The molecule has 4 rings (SSSR count). The lowest BCUT2D eigenvalue weighted by Crippen LogP contribution is -2.53. The number of amides is 3. The molecule has 0 aliphatic carbocycles. The fourth-order valence-corrected chi connectivity index (χ4v) is 3.76. The van der Waals surface area contributed by atoms with Gasteiger partial charge in [0.1, 0.15) is 5.82 Å². The molecule has 2 aromatic rings. The van der Waals surface area contributed by atoms with Gasteiger partial charge in [0.2, 0.25) is 5.91 Å². The highest BCUT2D eigenvalue weighted by molar-refractivity contribution is 6.22. The molecule has 1 unspecified atom stereocenters. The van der Waals surface area contributed by atoms with Gasteiger partial charge in [0, 0.05) is 31.7 Å². The Kier molecular flexibility index (Phi) is 4.92. The summed E-state index contributed by atoms with van der Waals surface area (Å²) in [6, 6.07) is 13.9. The predicted octanol–water partition coefficient (Wildman–Crippen LogP) is 1.92. The van der Waals surface area contributed by atoms with E-state index in [0.29, 0.717) is 37.4 Å². The summed E-state index contributed by atoms with van der Waals surface area (Å²) in [6.45, 7) is 2.06. The van der Waals surface area contributed by atoms with Crippen LogP contribution in [0.25, 0.3) is 0 Å². The van der Waals surface area contributed by atoms with Gasteiger partial charge >= 0.3 is 0 Å². The van der Waals surface area contributed by atoms with Gasteiger partial charge in [0.15, 0.2) is 0 Å². The highest BCUT2D eigenvalue weighted by atomic mass is 19.1. The zero-order chi connectivity index (χ0) is 19.7. The molecule has 2 aliphatic heterocycles. The van der Waals surface area contributed by atoms with Crippen molar-refractivity contribution in [1.82, 2.24) is 9.80 Å². The highest BCUT2D eigenvalue weighted by Gasteiger charge is 2.43. The number of carbonyl (C=O) groups is 3. The number of benzene rings is 2. The van der Waals surface area contributed by atoms with Crippen molar-refractivity contribution in [2.75, 3.05) is 31.1 Å². The molecule has 0 radical (unpaired) electrons. The van der Waals surface area contributed by atoms with Gasteiger partial charge in [-0.25, -0.2) is 9.29 Å². The average Bonchev–Trinajstić information content (AvgIpc) is 3.03. The van der Waals surface area contributed by atoms with E-state index in [1.54, 1.807) is 17.0 Å². The molecule has 1 atom stereocenters. The van der Waals surface area contributed by atoms with E-state index >= 15 is 0 Å². The van der Waals surface area contributed by atoms with E-state index in [4.69, 9.17) is 0 Å². The van der Waals surface area contributed by atoms with Crippen LogP contribution < -0.4 is 4.90 Å². The topological polar surface area (TPSA) is 60.9 Å². The second kappa shape index (κ2) is 7.52. The van der Waals surface area contributed by atoms with Crippen LogP contribution in [0.15, 0.2) is 54.6 Å². The van der Waals surface area contributed by atoms with E-state index in [9.17, 15) is 18.8 Å². The first-order valence-corrected chi connectivity index (χ1v) is 9.25. The Morgan fingerprint density at radius 1 is 0.893 bits per heavy atom. The van der Waals surface area contributed by atoms with Gasteiger partial charge in [-0.1, -0.05) is 18.2 Å². The molecule has 6 nitrogen and oxygen atoms in total. The maximum absolute atomic E-state index is 13.1. The molecule has 7 heteroatoms. The van der Waals surface area contributed by atoms with Gasteiger partial charge in [-0.2, -0.15) is 0 Å². The van der Waals surface area contributed by atoms with E-state index in [2.05, 4.69) is 0 Å². The summed E-state index contributed by atoms with van der Waals surface area (Å²) in [5.74, 6) is -1.02. The lowest BCUT2D eigenvalue weighted by atomic mass is 10.1. The van der Waals surface area contributed by atoms with E-state index < -0.39 is 11.9 Å². The third kappa shape index (κ3) is 3.41. The first kappa shape index (κ1) is 18.3. The molecule has 2 fully saturated rings. The summed E-state index contributed by atoms with van der Waals surface area (Å²) >= 11 is 0. The Balaban J connectivity index is 1.41. The van der Waals surface area contributed by atoms with Crippen molar-refractivity contribution in [3.63, 3.8) is 0 Å². The SMILES string of the molecule is O=C(c1ccccc1)N1CCN(C2CC(=O)N(c3ccc(F)cc3)C2=O)CC1. The molecule has 3 amide bonds. The molecule has 0 spiro atoms. The van der Waals surface area contributed by atoms with Gasteiger partial charge < -0.3 is 4.90 Å². The Morgan fingerprint density at radius 2 is 1.54 bits per heavy atom. The second-order valence-corrected chi connectivity index (χ2v) is 6.96. The Bertz CT molecular complexity index is 893. The molecule has 144 valence electrons. The van der Waals surface area contributed by atoms with Crippen molar-refractivity contribution in [1.29, 1.82) is 0 Å². The molecule has 2 aliphatic rings. The lowest BCUT2D eigenvalue weighted by Gasteiger charge is -2.37.